The normalized spacial score (nSPS) is 21.5. The Morgan fingerprint density at radius 3 is 2.62 bits per heavy atom. The van der Waals surface area contributed by atoms with Gasteiger partial charge in [0, 0.05) is 31.6 Å². The zero-order chi connectivity index (χ0) is 15.2. The van der Waals surface area contributed by atoms with Gasteiger partial charge >= 0.3 is 0 Å². The average molecular weight is 309 g/mol. The summed E-state index contributed by atoms with van der Waals surface area (Å²) in [6.45, 7) is 8.38. The molecule has 0 N–H and O–H groups in total. The molecule has 6 heteroatoms. The predicted molar refractivity (Wildman–Crippen MR) is 82.5 cm³/mol. The lowest BCUT2D eigenvalue weighted by Gasteiger charge is -2.48. The Bertz CT molecular complexity index is 551. The fraction of sp³-hybridized carbons (Fsp3) is 0.667. The molecule has 5 nitrogen and oxygen atoms in total. The third kappa shape index (κ3) is 2.98. The maximum Gasteiger partial charge on any atom is 0.225 e. The van der Waals surface area contributed by atoms with E-state index in [1.165, 1.54) is 0 Å². The standard InChI is InChI=1S/C15H21ClN4O/c1-10-17-12(16)8-13(18-10)20-7-6-19(9-15(20,2)3)14(21)11-4-5-11/h8,11H,4-7,9H2,1-3H3. The molecule has 0 unspecified atom stereocenters. The Kier molecular flexibility index (Phi) is 3.56. The number of amides is 1. The number of piperazine rings is 1. The van der Waals surface area contributed by atoms with Crippen molar-refractivity contribution >= 4 is 23.3 Å². The van der Waals surface area contributed by atoms with Crippen LogP contribution >= 0.6 is 11.6 Å². The van der Waals surface area contributed by atoms with Crippen LogP contribution in [-0.2, 0) is 4.79 Å². The topological polar surface area (TPSA) is 49.3 Å². The van der Waals surface area contributed by atoms with E-state index in [4.69, 9.17) is 11.6 Å². The van der Waals surface area contributed by atoms with Crippen molar-refractivity contribution in [2.45, 2.75) is 39.2 Å². The summed E-state index contributed by atoms with van der Waals surface area (Å²) in [7, 11) is 0. The van der Waals surface area contributed by atoms with Gasteiger partial charge in [0.1, 0.15) is 16.8 Å². The van der Waals surface area contributed by atoms with Gasteiger partial charge < -0.3 is 9.80 Å². The minimum absolute atomic E-state index is 0.160. The SMILES string of the molecule is Cc1nc(Cl)cc(N2CCN(C(=O)C3CC3)CC2(C)C)n1. The van der Waals surface area contributed by atoms with E-state index in [1.807, 2.05) is 11.8 Å². The molecule has 0 aromatic carbocycles. The van der Waals surface area contributed by atoms with Crippen LogP contribution < -0.4 is 4.90 Å². The monoisotopic (exact) mass is 308 g/mol. The van der Waals surface area contributed by atoms with Crippen LogP contribution in [0.2, 0.25) is 5.15 Å². The Hall–Kier alpha value is -1.36. The molecular formula is C15H21ClN4O. The molecule has 114 valence electrons. The Morgan fingerprint density at radius 2 is 2.05 bits per heavy atom. The van der Waals surface area contributed by atoms with Crippen LogP contribution in [0.25, 0.3) is 0 Å². The second-order valence-corrected chi connectivity index (χ2v) is 6.98. The second-order valence-electron chi connectivity index (χ2n) is 6.59. The number of hydrogen-bond acceptors (Lipinski definition) is 4. The van der Waals surface area contributed by atoms with Crippen molar-refractivity contribution < 1.29 is 4.79 Å². The number of nitrogens with zero attached hydrogens (tertiary/aromatic N) is 4. The molecule has 1 saturated heterocycles. The van der Waals surface area contributed by atoms with E-state index >= 15 is 0 Å². The molecule has 1 aliphatic heterocycles. The summed E-state index contributed by atoms with van der Waals surface area (Å²) >= 11 is 6.05. The third-order valence-electron chi connectivity index (χ3n) is 4.21. The molecule has 0 atom stereocenters. The summed E-state index contributed by atoms with van der Waals surface area (Å²) in [5, 5.41) is 0.463. The molecule has 2 heterocycles. The van der Waals surface area contributed by atoms with Gasteiger partial charge in [-0.1, -0.05) is 11.6 Å². The highest BCUT2D eigenvalue weighted by Gasteiger charge is 2.40. The molecule has 1 saturated carbocycles. The van der Waals surface area contributed by atoms with E-state index < -0.39 is 0 Å². The van der Waals surface area contributed by atoms with E-state index in [1.54, 1.807) is 6.07 Å². The summed E-state index contributed by atoms with van der Waals surface area (Å²) in [4.78, 5) is 25.1. The first kappa shape index (κ1) is 14.6. The van der Waals surface area contributed by atoms with Gasteiger partial charge in [0.05, 0.1) is 5.54 Å². The van der Waals surface area contributed by atoms with Crippen molar-refractivity contribution in [3.63, 3.8) is 0 Å². The van der Waals surface area contributed by atoms with Crippen LogP contribution in [0.5, 0.6) is 0 Å². The number of carbonyl (C=O) groups is 1. The van der Waals surface area contributed by atoms with Gasteiger partial charge in [-0.3, -0.25) is 4.79 Å². The van der Waals surface area contributed by atoms with Gasteiger partial charge in [-0.15, -0.1) is 0 Å². The molecule has 2 fully saturated rings. The Labute approximate surface area is 130 Å². The van der Waals surface area contributed by atoms with Crippen molar-refractivity contribution in [3.05, 3.63) is 17.0 Å². The first-order valence-corrected chi connectivity index (χ1v) is 7.82. The van der Waals surface area contributed by atoms with Crippen molar-refractivity contribution in [2.24, 2.45) is 5.92 Å². The van der Waals surface area contributed by atoms with Crippen molar-refractivity contribution in [1.82, 2.24) is 14.9 Å². The van der Waals surface area contributed by atoms with Crippen molar-refractivity contribution in [2.75, 3.05) is 24.5 Å². The summed E-state index contributed by atoms with van der Waals surface area (Å²) in [6.07, 6.45) is 2.11. The van der Waals surface area contributed by atoms with Crippen LogP contribution in [0.1, 0.15) is 32.5 Å². The van der Waals surface area contributed by atoms with Gasteiger partial charge in [-0.05, 0) is 33.6 Å². The molecule has 0 spiro atoms. The molecule has 1 aromatic heterocycles. The Balaban J connectivity index is 1.80. The highest BCUT2D eigenvalue weighted by atomic mass is 35.5. The molecule has 21 heavy (non-hydrogen) atoms. The number of aromatic nitrogens is 2. The first-order valence-electron chi connectivity index (χ1n) is 7.44. The number of halogens is 1. The van der Waals surface area contributed by atoms with Crippen molar-refractivity contribution in [1.29, 1.82) is 0 Å². The minimum Gasteiger partial charge on any atom is -0.348 e. The van der Waals surface area contributed by atoms with Crippen LogP contribution in [0, 0.1) is 12.8 Å². The zero-order valence-corrected chi connectivity index (χ0v) is 13.5. The third-order valence-corrected chi connectivity index (χ3v) is 4.40. The van der Waals surface area contributed by atoms with Gasteiger partial charge in [0.25, 0.3) is 0 Å². The lowest BCUT2D eigenvalue weighted by atomic mass is 9.98. The molecule has 1 aliphatic carbocycles. The largest absolute Gasteiger partial charge is 0.348 e. The average Bonchev–Trinajstić information content (AvgIpc) is 3.19. The number of aryl methyl sites for hydroxylation is 1. The fourth-order valence-electron chi connectivity index (χ4n) is 3.01. The smallest absolute Gasteiger partial charge is 0.225 e. The Morgan fingerprint density at radius 1 is 1.33 bits per heavy atom. The lowest BCUT2D eigenvalue weighted by molar-refractivity contribution is -0.134. The highest BCUT2D eigenvalue weighted by Crippen LogP contribution is 2.34. The molecule has 1 aromatic rings. The van der Waals surface area contributed by atoms with Gasteiger partial charge in [-0.2, -0.15) is 0 Å². The number of carbonyl (C=O) groups excluding carboxylic acids is 1. The summed E-state index contributed by atoms with van der Waals surface area (Å²) in [5.74, 6) is 2.11. The van der Waals surface area contributed by atoms with Crippen LogP contribution in [-0.4, -0.2) is 45.9 Å². The number of hydrogen-bond donors (Lipinski definition) is 0. The van der Waals surface area contributed by atoms with Gasteiger partial charge in [0.2, 0.25) is 5.91 Å². The van der Waals surface area contributed by atoms with Crippen LogP contribution in [0.4, 0.5) is 5.82 Å². The fourth-order valence-corrected chi connectivity index (χ4v) is 3.23. The molecular weight excluding hydrogens is 288 g/mol. The van der Waals surface area contributed by atoms with Gasteiger partial charge in [-0.25, -0.2) is 9.97 Å². The van der Waals surface area contributed by atoms with E-state index in [0.29, 0.717) is 16.9 Å². The van der Waals surface area contributed by atoms with Crippen molar-refractivity contribution in [3.8, 4) is 0 Å². The summed E-state index contributed by atoms with van der Waals surface area (Å²) in [6, 6.07) is 1.80. The van der Waals surface area contributed by atoms with E-state index in [2.05, 4.69) is 28.7 Å². The van der Waals surface area contributed by atoms with Crippen LogP contribution in [0.3, 0.4) is 0 Å². The maximum absolute atomic E-state index is 12.3. The minimum atomic E-state index is -0.160. The zero-order valence-electron chi connectivity index (χ0n) is 12.8. The number of rotatable bonds is 2. The molecule has 2 aliphatic rings. The maximum atomic E-state index is 12.3. The molecule has 3 rings (SSSR count). The molecule has 0 bridgehead atoms. The van der Waals surface area contributed by atoms with E-state index in [-0.39, 0.29) is 11.5 Å². The summed E-state index contributed by atoms with van der Waals surface area (Å²) < 4.78 is 0. The lowest BCUT2D eigenvalue weighted by Crippen LogP contribution is -2.61. The van der Waals surface area contributed by atoms with Gasteiger partial charge in [0.15, 0.2) is 0 Å². The van der Waals surface area contributed by atoms with E-state index in [0.717, 1.165) is 38.3 Å². The second kappa shape index (κ2) is 5.13. The molecule has 0 radical (unpaired) electrons. The predicted octanol–water partition coefficient (Wildman–Crippen LogP) is 2.28. The summed E-state index contributed by atoms with van der Waals surface area (Å²) in [5.41, 5.74) is -0.160. The quantitative estimate of drug-likeness (QED) is 0.787. The first-order chi connectivity index (χ1) is 9.87. The highest BCUT2D eigenvalue weighted by molar-refractivity contribution is 6.29. The van der Waals surface area contributed by atoms with Crippen LogP contribution in [0.15, 0.2) is 6.07 Å². The number of anilines is 1. The molecule has 1 amide bonds. The van der Waals surface area contributed by atoms with E-state index in [9.17, 15) is 4.79 Å².